The van der Waals surface area contributed by atoms with E-state index >= 15 is 0 Å². The van der Waals surface area contributed by atoms with Gasteiger partial charge in [0.25, 0.3) is 0 Å². The molecule has 0 spiro atoms. The summed E-state index contributed by atoms with van der Waals surface area (Å²) in [6.07, 6.45) is 7.00. The topological polar surface area (TPSA) is 41.1 Å². The lowest BCUT2D eigenvalue weighted by Gasteiger charge is -2.20. The standard InChI is InChI=1S/C12H22N2O/c1-12(2,3)14-11(15)13-9-8-10-6-4-5-7-10/h6H,4-5,7-9H2,1-3H3,(H2,13,14,15). The molecule has 3 nitrogen and oxygen atoms in total. The Morgan fingerprint density at radius 2 is 2.20 bits per heavy atom. The summed E-state index contributed by atoms with van der Waals surface area (Å²) in [5.74, 6) is 0. The average Bonchev–Trinajstić information content (AvgIpc) is 2.53. The van der Waals surface area contributed by atoms with Crippen molar-refractivity contribution >= 4 is 6.03 Å². The largest absolute Gasteiger partial charge is 0.338 e. The maximum atomic E-state index is 11.4. The molecule has 0 heterocycles. The van der Waals surface area contributed by atoms with Gasteiger partial charge in [-0.25, -0.2) is 4.79 Å². The molecule has 0 saturated heterocycles. The van der Waals surface area contributed by atoms with Crippen LogP contribution in [-0.4, -0.2) is 18.1 Å². The molecular weight excluding hydrogens is 188 g/mol. The van der Waals surface area contributed by atoms with E-state index < -0.39 is 0 Å². The first-order valence-electron chi connectivity index (χ1n) is 5.71. The predicted molar refractivity (Wildman–Crippen MR) is 62.8 cm³/mol. The van der Waals surface area contributed by atoms with Gasteiger partial charge >= 0.3 is 6.03 Å². The molecule has 0 saturated carbocycles. The quantitative estimate of drug-likeness (QED) is 0.691. The summed E-state index contributed by atoms with van der Waals surface area (Å²) in [6, 6.07) is -0.0684. The molecule has 0 atom stereocenters. The first kappa shape index (κ1) is 12.1. The molecule has 0 fully saturated rings. The van der Waals surface area contributed by atoms with Gasteiger partial charge in [0.2, 0.25) is 0 Å². The number of rotatable bonds is 3. The van der Waals surface area contributed by atoms with Gasteiger partial charge in [0.1, 0.15) is 0 Å². The Balaban J connectivity index is 2.12. The van der Waals surface area contributed by atoms with Crippen molar-refractivity contribution in [3.63, 3.8) is 0 Å². The second-order valence-corrected chi connectivity index (χ2v) is 5.14. The highest BCUT2D eigenvalue weighted by molar-refractivity contribution is 5.74. The average molecular weight is 210 g/mol. The minimum Gasteiger partial charge on any atom is -0.338 e. The zero-order valence-corrected chi connectivity index (χ0v) is 10.0. The Kier molecular flexibility index (Phi) is 4.18. The number of hydrogen-bond donors (Lipinski definition) is 2. The van der Waals surface area contributed by atoms with E-state index in [2.05, 4.69) is 16.7 Å². The van der Waals surface area contributed by atoms with Crippen LogP contribution >= 0.6 is 0 Å². The molecule has 1 aliphatic carbocycles. The lowest BCUT2D eigenvalue weighted by Crippen LogP contribution is -2.46. The smallest absolute Gasteiger partial charge is 0.315 e. The van der Waals surface area contributed by atoms with Crippen LogP contribution in [0.15, 0.2) is 11.6 Å². The third kappa shape index (κ3) is 5.45. The molecule has 0 bridgehead atoms. The fourth-order valence-corrected chi connectivity index (χ4v) is 1.69. The minimum absolute atomic E-state index is 0.0684. The molecule has 0 aliphatic heterocycles. The molecule has 86 valence electrons. The van der Waals surface area contributed by atoms with Gasteiger partial charge in [0.05, 0.1) is 0 Å². The van der Waals surface area contributed by atoms with Crippen LogP contribution in [-0.2, 0) is 0 Å². The molecule has 0 aromatic carbocycles. The van der Waals surface area contributed by atoms with Gasteiger partial charge in [0, 0.05) is 12.1 Å². The fraction of sp³-hybridized carbons (Fsp3) is 0.750. The van der Waals surface area contributed by atoms with Gasteiger partial charge in [-0.3, -0.25) is 0 Å². The van der Waals surface area contributed by atoms with Crippen molar-refractivity contribution in [3.05, 3.63) is 11.6 Å². The number of nitrogens with one attached hydrogen (secondary N) is 2. The first-order chi connectivity index (χ1) is 6.97. The molecule has 0 aromatic heterocycles. The van der Waals surface area contributed by atoms with Crippen LogP contribution in [0.1, 0.15) is 46.5 Å². The predicted octanol–water partition coefficient (Wildman–Crippen LogP) is 2.58. The lowest BCUT2D eigenvalue weighted by molar-refractivity contribution is 0.232. The van der Waals surface area contributed by atoms with E-state index in [9.17, 15) is 4.79 Å². The summed E-state index contributed by atoms with van der Waals surface area (Å²) < 4.78 is 0. The van der Waals surface area contributed by atoms with Crippen LogP contribution in [0.4, 0.5) is 4.79 Å². The first-order valence-corrected chi connectivity index (χ1v) is 5.71. The van der Waals surface area contributed by atoms with E-state index in [0.717, 1.165) is 13.0 Å². The van der Waals surface area contributed by atoms with Crippen LogP contribution in [0.25, 0.3) is 0 Å². The van der Waals surface area contributed by atoms with Crippen LogP contribution in [0.2, 0.25) is 0 Å². The zero-order valence-electron chi connectivity index (χ0n) is 10.0. The van der Waals surface area contributed by atoms with Crippen LogP contribution in [0.5, 0.6) is 0 Å². The normalized spacial score (nSPS) is 16.1. The molecule has 3 heteroatoms. The number of urea groups is 1. The van der Waals surface area contributed by atoms with E-state index in [1.807, 2.05) is 20.8 Å². The van der Waals surface area contributed by atoms with Crippen LogP contribution in [0, 0.1) is 0 Å². The molecule has 0 unspecified atom stereocenters. The number of hydrogen-bond acceptors (Lipinski definition) is 1. The summed E-state index contributed by atoms with van der Waals surface area (Å²) in [7, 11) is 0. The van der Waals surface area contributed by atoms with Gasteiger partial charge in [-0.05, 0) is 46.5 Å². The van der Waals surface area contributed by atoms with Crippen LogP contribution < -0.4 is 10.6 Å². The van der Waals surface area contributed by atoms with Crippen LogP contribution in [0.3, 0.4) is 0 Å². The number of carbonyl (C=O) groups is 1. The maximum Gasteiger partial charge on any atom is 0.315 e. The summed E-state index contributed by atoms with van der Waals surface area (Å²) >= 11 is 0. The number of carbonyl (C=O) groups excluding carboxylic acids is 1. The van der Waals surface area contributed by atoms with Crippen molar-refractivity contribution in [3.8, 4) is 0 Å². The van der Waals surface area contributed by atoms with Gasteiger partial charge in [0.15, 0.2) is 0 Å². The summed E-state index contributed by atoms with van der Waals surface area (Å²) in [5.41, 5.74) is 1.34. The fourth-order valence-electron chi connectivity index (χ4n) is 1.69. The van der Waals surface area contributed by atoms with Crippen molar-refractivity contribution in [1.82, 2.24) is 10.6 Å². The van der Waals surface area contributed by atoms with Crippen molar-refractivity contribution in [2.45, 2.75) is 52.0 Å². The van der Waals surface area contributed by atoms with Gasteiger partial charge in [-0.15, -0.1) is 0 Å². The third-order valence-corrected chi connectivity index (χ3v) is 2.36. The Labute approximate surface area is 92.3 Å². The minimum atomic E-state index is -0.156. The molecule has 1 rings (SSSR count). The Morgan fingerprint density at radius 1 is 1.47 bits per heavy atom. The Bertz CT molecular complexity index is 251. The molecular formula is C12H22N2O. The van der Waals surface area contributed by atoms with E-state index in [4.69, 9.17) is 0 Å². The summed E-state index contributed by atoms with van der Waals surface area (Å²) in [6.45, 7) is 6.68. The van der Waals surface area contributed by atoms with E-state index in [-0.39, 0.29) is 11.6 Å². The van der Waals surface area contributed by atoms with Crippen molar-refractivity contribution in [2.24, 2.45) is 0 Å². The van der Waals surface area contributed by atoms with E-state index in [0.29, 0.717) is 0 Å². The Hall–Kier alpha value is -0.990. The molecule has 1 aliphatic rings. The molecule has 0 aromatic rings. The molecule has 0 radical (unpaired) electrons. The van der Waals surface area contributed by atoms with Gasteiger partial charge in [-0.2, -0.15) is 0 Å². The summed E-state index contributed by atoms with van der Waals surface area (Å²) in [5, 5.41) is 5.75. The Morgan fingerprint density at radius 3 is 2.73 bits per heavy atom. The van der Waals surface area contributed by atoms with Crippen molar-refractivity contribution < 1.29 is 4.79 Å². The monoisotopic (exact) mass is 210 g/mol. The second-order valence-electron chi connectivity index (χ2n) is 5.14. The maximum absolute atomic E-state index is 11.4. The van der Waals surface area contributed by atoms with Crippen molar-refractivity contribution in [1.29, 1.82) is 0 Å². The lowest BCUT2D eigenvalue weighted by atomic mass is 10.1. The van der Waals surface area contributed by atoms with E-state index in [1.54, 1.807) is 0 Å². The highest BCUT2D eigenvalue weighted by Crippen LogP contribution is 2.19. The zero-order chi connectivity index (χ0) is 11.3. The summed E-state index contributed by atoms with van der Waals surface area (Å²) in [4.78, 5) is 11.4. The highest BCUT2D eigenvalue weighted by Gasteiger charge is 2.13. The van der Waals surface area contributed by atoms with Gasteiger partial charge < -0.3 is 10.6 Å². The van der Waals surface area contributed by atoms with Crippen molar-refractivity contribution in [2.75, 3.05) is 6.54 Å². The number of allylic oxidation sites excluding steroid dienone is 1. The number of amides is 2. The SMILES string of the molecule is CC(C)(C)NC(=O)NCCC1=CCCC1. The molecule has 2 amide bonds. The van der Waals surface area contributed by atoms with Gasteiger partial charge in [-0.1, -0.05) is 11.6 Å². The highest BCUT2D eigenvalue weighted by atomic mass is 16.2. The van der Waals surface area contributed by atoms with E-state index in [1.165, 1.54) is 24.8 Å². The third-order valence-electron chi connectivity index (χ3n) is 2.36. The second kappa shape index (κ2) is 5.19. The molecule has 2 N–H and O–H groups in total. The molecule has 15 heavy (non-hydrogen) atoms.